The number of hydrogen-bond acceptors (Lipinski definition) is 6. The third-order valence-electron chi connectivity index (χ3n) is 1.77. The van der Waals surface area contributed by atoms with Crippen molar-refractivity contribution in [3.8, 4) is 0 Å². The predicted octanol–water partition coefficient (Wildman–Crippen LogP) is 0.659. The molecule has 1 heterocycles. The minimum absolute atomic E-state index is 0.0638. The largest absolute Gasteiger partial charge is 0.756 e. The fourth-order valence-corrected chi connectivity index (χ4v) is 1.95. The number of phosphoric ester groups is 1. The van der Waals surface area contributed by atoms with E-state index in [4.69, 9.17) is 9.47 Å². The van der Waals surface area contributed by atoms with Gasteiger partial charge < -0.3 is 23.4 Å². The van der Waals surface area contributed by atoms with Crippen LogP contribution in [0.5, 0.6) is 0 Å². The van der Waals surface area contributed by atoms with Gasteiger partial charge in [-0.1, -0.05) is 0 Å². The summed E-state index contributed by atoms with van der Waals surface area (Å²) in [5, 5.41) is 0. The molecule has 7 heteroatoms. The molecule has 1 saturated heterocycles. The number of rotatable bonds is 5. The van der Waals surface area contributed by atoms with Crippen molar-refractivity contribution in [2.45, 2.75) is 32.7 Å². The summed E-state index contributed by atoms with van der Waals surface area (Å²) in [4.78, 5) is 11.0. The lowest BCUT2D eigenvalue weighted by Gasteiger charge is -2.23. The molecule has 0 saturated carbocycles. The first-order valence-electron chi connectivity index (χ1n) is 4.76. The van der Waals surface area contributed by atoms with Gasteiger partial charge in [-0.05, 0) is 20.8 Å². The minimum atomic E-state index is -4.17. The van der Waals surface area contributed by atoms with Crippen LogP contribution in [-0.4, -0.2) is 31.7 Å². The highest BCUT2D eigenvalue weighted by atomic mass is 31.2. The summed E-state index contributed by atoms with van der Waals surface area (Å²) in [6, 6.07) is 0. The molecule has 0 bridgehead atoms. The van der Waals surface area contributed by atoms with Crippen LogP contribution in [0.2, 0.25) is 0 Å². The van der Waals surface area contributed by atoms with Gasteiger partial charge in [0.25, 0.3) is 7.82 Å². The normalized spacial score (nSPS) is 28.9. The van der Waals surface area contributed by atoms with Gasteiger partial charge in [0.2, 0.25) is 0 Å². The van der Waals surface area contributed by atoms with E-state index in [1.807, 2.05) is 0 Å². The highest BCUT2D eigenvalue weighted by molar-refractivity contribution is 7.45. The van der Waals surface area contributed by atoms with Gasteiger partial charge in [-0.2, -0.15) is 0 Å². The molecular formula is C8H16O6P-. The summed E-state index contributed by atoms with van der Waals surface area (Å²) < 4.78 is 30.7. The molecule has 15 heavy (non-hydrogen) atoms. The van der Waals surface area contributed by atoms with Gasteiger partial charge in [-0.15, -0.1) is 0 Å². The number of hydrogen-bond donors (Lipinski definition) is 0. The van der Waals surface area contributed by atoms with Crippen LogP contribution < -0.4 is 4.89 Å². The molecule has 90 valence electrons. The third kappa shape index (κ3) is 4.59. The van der Waals surface area contributed by atoms with Gasteiger partial charge in [0.15, 0.2) is 5.79 Å². The Labute approximate surface area is 89.1 Å². The van der Waals surface area contributed by atoms with Gasteiger partial charge in [0.05, 0.1) is 19.8 Å². The molecule has 0 spiro atoms. The lowest BCUT2D eigenvalue weighted by Crippen LogP contribution is -2.24. The number of ether oxygens (including phenoxy) is 2. The van der Waals surface area contributed by atoms with E-state index in [-0.39, 0.29) is 19.3 Å². The monoisotopic (exact) mass is 239 g/mol. The molecule has 0 aromatic heterocycles. The summed E-state index contributed by atoms with van der Waals surface area (Å²) in [5.74, 6) is -0.674. The summed E-state index contributed by atoms with van der Waals surface area (Å²) in [6.07, 6.45) is -0.372. The molecular weight excluding hydrogens is 223 g/mol. The Kier molecular flexibility index (Phi) is 4.29. The van der Waals surface area contributed by atoms with Gasteiger partial charge in [0, 0.05) is 0 Å². The smallest absolute Gasteiger partial charge is 0.267 e. The van der Waals surface area contributed by atoms with E-state index in [9.17, 15) is 9.46 Å². The molecule has 2 atom stereocenters. The Hall–Kier alpha value is 0.0300. The average Bonchev–Trinajstić information content (AvgIpc) is 2.42. The highest BCUT2D eigenvalue weighted by Crippen LogP contribution is 2.38. The van der Waals surface area contributed by atoms with Crippen LogP contribution in [0.4, 0.5) is 0 Å². The second-order valence-corrected chi connectivity index (χ2v) is 5.02. The zero-order valence-electron chi connectivity index (χ0n) is 9.10. The van der Waals surface area contributed by atoms with Crippen molar-refractivity contribution in [3.63, 3.8) is 0 Å². The molecule has 0 aliphatic carbocycles. The first-order valence-corrected chi connectivity index (χ1v) is 6.22. The molecule has 0 radical (unpaired) electrons. The molecule has 0 N–H and O–H groups in total. The Bertz CT molecular complexity index is 254. The van der Waals surface area contributed by atoms with Crippen LogP contribution in [0.25, 0.3) is 0 Å². The van der Waals surface area contributed by atoms with E-state index in [0.717, 1.165) is 0 Å². The van der Waals surface area contributed by atoms with Crippen molar-refractivity contribution >= 4 is 7.82 Å². The van der Waals surface area contributed by atoms with E-state index in [0.29, 0.717) is 6.61 Å². The first-order chi connectivity index (χ1) is 6.85. The van der Waals surface area contributed by atoms with Crippen molar-refractivity contribution in [3.05, 3.63) is 0 Å². The Morgan fingerprint density at radius 2 is 2.20 bits per heavy atom. The zero-order valence-corrected chi connectivity index (χ0v) is 9.99. The maximum atomic E-state index is 11.0. The molecule has 6 nitrogen and oxygen atoms in total. The molecule has 1 fully saturated rings. The first kappa shape index (κ1) is 13.1. The summed E-state index contributed by atoms with van der Waals surface area (Å²) in [7, 11) is -4.17. The SMILES string of the molecule is CCOP(=O)([O-])OCC1COC(C)(C)O1. The molecule has 1 aliphatic heterocycles. The maximum absolute atomic E-state index is 11.0. The standard InChI is InChI=1S/C8H17O6P/c1-4-12-15(9,10)13-6-7-5-11-8(2,3)14-7/h7H,4-6H2,1-3H3,(H,9,10)/p-1. The molecule has 1 aliphatic rings. The lowest BCUT2D eigenvalue weighted by molar-refractivity contribution is -0.228. The van der Waals surface area contributed by atoms with E-state index in [1.165, 1.54) is 0 Å². The van der Waals surface area contributed by atoms with Crippen LogP contribution >= 0.6 is 7.82 Å². The van der Waals surface area contributed by atoms with E-state index in [2.05, 4.69) is 9.05 Å². The van der Waals surface area contributed by atoms with E-state index in [1.54, 1.807) is 20.8 Å². The van der Waals surface area contributed by atoms with Crippen molar-refractivity contribution < 1.29 is 28.0 Å². The summed E-state index contributed by atoms with van der Waals surface area (Å²) >= 11 is 0. The Morgan fingerprint density at radius 1 is 1.53 bits per heavy atom. The number of phosphoric acid groups is 1. The Morgan fingerprint density at radius 3 is 2.67 bits per heavy atom. The highest BCUT2D eigenvalue weighted by Gasteiger charge is 2.33. The van der Waals surface area contributed by atoms with Gasteiger partial charge in [0.1, 0.15) is 6.10 Å². The summed E-state index contributed by atoms with van der Waals surface area (Å²) in [5.41, 5.74) is 0. The second-order valence-electron chi connectivity index (χ2n) is 3.61. The van der Waals surface area contributed by atoms with Gasteiger partial charge >= 0.3 is 0 Å². The van der Waals surface area contributed by atoms with Crippen molar-refractivity contribution in [1.82, 2.24) is 0 Å². The zero-order chi connectivity index (χ0) is 11.5. The lowest BCUT2D eigenvalue weighted by atomic mass is 10.4. The van der Waals surface area contributed by atoms with Crippen LogP contribution in [0, 0.1) is 0 Å². The van der Waals surface area contributed by atoms with Crippen LogP contribution in [0.15, 0.2) is 0 Å². The molecule has 0 aromatic carbocycles. The van der Waals surface area contributed by atoms with E-state index < -0.39 is 13.6 Å². The van der Waals surface area contributed by atoms with Gasteiger partial charge in [-0.3, -0.25) is 4.57 Å². The fraction of sp³-hybridized carbons (Fsp3) is 1.00. The molecule has 1 rings (SSSR count). The maximum Gasteiger partial charge on any atom is 0.267 e. The molecule has 2 unspecified atom stereocenters. The summed E-state index contributed by atoms with van der Waals surface area (Å²) in [6.45, 7) is 5.39. The van der Waals surface area contributed by atoms with Gasteiger partial charge in [-0.25, -0.2) is 0 Å². The third-order valence-corrected chi connectivity index (χ3v) is 2.81. The topological polar surface area (TPSA) is 77.1 Å². The quantitative estimate of drug-likeness (QED) is 0.656. The van der Waals surface area contributed by atoms with Crippen molar-refractivity contribution in [2.75, 3.05) is 19.8 Å². The van der Waals surface area contributed by atoms with Crippen LogP contribution in [-0.2, 0) is 23.1 Å². The predicted molar refractivity (Wildman–Crippen MR) is 50.1 cm³/mol. The van der Waals surface area contributed by atoms with Crippen LogP contribution in [0.1, 0.15) is 20.8 Å². The fourth-order valence-electron chi connectivity index (χ4n) is 1.21. The van der Waals surface area contributed by atoms with Crippen molar-refractivity contribution in [1.29, 1.82) is 0 Å². The average molecular weight is 239 g/mol. The second kappa shape index (κ2) is 4.91. The molecule has 0 aromatic rings. The van der Waals surface area contributed by atoms with Crippen LogP contribution in [0.3, 0.4) is 0 Å². The van der Waals surface area contributed by atoms with E-state index >= 15 is 0 Å². The minimum Gasteiger partial charge on any atom is -0.756 e. The van der Waals surface area contributed by atoms with Crippen molar-refractivity contribution in [2.24, 2.45) is 0 Å². The molecule has 0 amide bonds. The Balaban J connectivity index is 2.30.